The Morgan fingerprint density at radius 3 is 2.50 bits per heavy atom. The lowest BCUT2D eigenvalue weighted by Crippen LogP contribution is -2.44. The summed E-state index contributed by atoms with van der Waals surface area (Å²) in [7, 11) is 0. The molecule has 6 heteroatoms. The van der Waals surface area contributed by atoms with Crippen LogP contribution in [0.4, 0.5) is 0 Å². The number of aromatic nitrogens is 1. The summed E-state index contributed by atoms with van der Waals surface area (Å²) in [4.78, 5) is 8.69. The van der Waals surface area contributed by atoms with Crippen LogP contribution in [0.1, 0.15) is 39.7 Å². The molecule has 2 aromatic rings. The molecular formula is C20H28N4O2. The van der Waals surface area contributed by atoms with Gasteiger partial charge in [0.25, 0.3) is 0 Å². The minimum atomic E-state index is -0.135. The molecule has 0 spiro atoms. The highest BCUT2D eigenvalue weighted by Gasteiger charge is 2.11. The van der Waals surface area contributed by atoms with Gasteiger partial charge in [0.15, 0.2) is 5.96 Å². The molecule has 1 aromatic heterocycles. The second-order valence-electron chi connectivity index (χ2n) is 6.97. The van der Waals surface area contributed by atoms with Crippen LogP contribution in [0.25, 0.3) is 0 Å². The first-order chi connectivity index (χ1) is 12.4. The molecule has 0 aliphatic heterocycles. The van der Waals surface area contributed by atoms with Gasteiger partial charge in [-0.25, -0.2) is 9.98 Å². The second-order valence-corrected chi connectivity index (χ2v) is 6.97. The van der Waals surface area contributed by atoms with E-state index in [0.29, 0.717) is 30.7 Å². The Hall–Kier alpha value is -2.76. The maximum Gasteiger partial charge on any atom is 0.224 e. The van der Waals surface area contributed by atoms with Gasteiger partial charge in [0.2, 0.25) is 5.88 Å². The van der Waals surface area contributed by atoms with Crippen molar-refractivity contribution in [2.45, 2.75) is 46.2 Å². The van der Waals surface area contributed by atoms with Crippen molar-refractivity contribution >= 4 is 5.96 Å². The minimum absolute atomic E-state index is 0.135. The van der Waals surface area contributed by atoms with E-state index in [9.17, 15) is 0 Å². The van der Waals surface area contributed by atoms with Crippen molar-refractivity contribution in [3.05, 3.63) is 48.2 Å². The third-order valence-electron chi connectivity index (χ3n) is 3.28. The van der Waals surface area contributed by atoms with Gasteiger partial charge in [-0.1, -0.05) is 13.0 Å². The summed E-state index contributed by atoms with van der Waals surface area (Å²) in [5.41, 5.74) is 6.65. The highest BCUT2D eigenvalue weighted by molar-refractivity contribution is 5.78. The Morgan fingerprint density at radius 1 is 1.15 bits per heavy atom. The van der Waals surface area contributed by atoms with Crippen molar-refractivity contribution in [3.8, 4) is 17.4 Å². The number of ether oxygens (including phenoxy) is 2. The molecule has 140 valence electrons. The lowest BCUT2D eigenvalue weighted by atomic mass is 10.1. The first-order valence-electron chi connectivity index (χ1n) is 8.80. The first-order valence-corrected chi connectivity index (χ1v) is 8.80. The standard InChI is InChI=1S/C20H28N4O2/c1-5-13-25-16-8-10-17(11-9-16)26-18-15(7-6-12-22-18)14-23-19(21)24-20(2,3)4/h6-12H,5,13-14H2,1-4H3,(H3,21,23,24). The largest absolute Gasteiger partial charge is 0.494 e. The number of nitrogens with two attached hydrogens (primary N) is 1. The summed E-state index contributed by atoms with van der Waals surface area (Å²) >= 11 is 0. The maximum absolute atomic E-state index is 5.93. The van der Waals surface area contributed by atoms with Crippen molar-refractivity contribution in [1.29, 1.82) is 0 Å². The normalized spacial score (nSPS) is 11.9. The van der Waals surface area contributed by atoms with Gasteiger partial charge in [0.05, 0.1) is 13.2 Å². The molecule has 2 rings (SSSR count). The van der Waals surface area contributed by atoms with Crippen LogP contribution in [-0.2, 0) is 6.54 Å². The van der Waals surface area contributed by atoms with E-state index in [0.717, 1.165) is 17.7 Å². The molecule has 0 radical (unpaired) electrons. The van der Waals surface area contributed by atoms with Crippen LogP contribution in [0.5, 0.6) is 17.4 Å². The Labute approximate surface area is 155 Å². The quantitative estimate of drug-likeness (QED) is 0.581. The minimum Gasteiger partial charge on any atom is -0.494 e. The average molecular weight is 356 g/mol. The summed E-state index contributed by atoms with van der Waals surface area (Å²) in [5.74, 6) is 2.43. The molecule has 0 atom stereocenters. The summed E-state index contributed by atoms with van der Waals surface area (Å²) in [6, 6.07) is 11.3. The van der Waals surface area contributed by atoms with E-state index in [1.54, 1.807) is 6.20 Å². The van der Waals surface area contributed by atoms with Gasteiger partial charge < -0.3 is 20.5 Å². The first kappa shape index (κ1) is 19.6. The molecule has 0 saturated carbocycles. The zero-order chi connectivity index (χ0) is 19.0. The van der Waals surface area contributed by atoms with E-state index in [-0.39, 0.29) is 5.54 Å². The molecule has 1 aromatic carbocycles. The number of nitrogens with zero attached hydrogens (tertiary/aromatic N) is 2. The van der Waals surface area contributed by atoms with E-state index in [2.05, 4.69) is 22.2 Å². The van der Waals surface area contributed by atoms with Crippen molar-refractivity contribution in [3.63, 3.8) is 0 Å². The molecule has 0 unspecified atom stereocenters. The SMILES string of the molecule is CCCOc1ccc(Oc2ncccc2CN=C(N)NC(C)(C)C)cc1. The Balaban J connectivity index is 2.05. The Morgan fingerprint density at radius 2 is 1.85 bits per heavy atom. The third kappa shape index (κ3) is 6.63. The molecule has 0 fully saturated rings. The van der Waals surface area contributed by atoms with Gasteiger partial charge in [0.1, 0.15) is 11.5 Å². The summed E-state index contributed by atoms with van der Waals surface area (Å²) < 4.78 is 11.5. The van der Waals surface area contributed by atoms with Crippen molar-refractivity contribution in [2.75, 3.05) is 6.61 Å². The van der Waals surface area contributed by atoms with Gasteiger partial charge >= 0.3 is 0 Å². The van der Waals surface area contributed by atoms with Gasteiger partial charge in [-0.05, 0) is 57.5 Å². The van der Waals surface area contributed by atoms with Crippen LogP contribution in [-0.4, -0.2) is 23.1 Å². The number of rotatable bonds is 7. The molecule has 1 heterocycles. The average Bonchev–Trinajstić information content (AvgIpc) is 2.59. The van der Waals surface area contributed by atoms with Crippen LogP contribution >= 0.6 is 0 Å². The molecule has 0 bridgehead atoms. The third-order valence-corrected chi connectivity index (χ3v) is 3.28. The number of guanidine groups is 1. The number of hydrogen-bond donors (Lipinski definition) is 2. The molecule has 0 aliphatic carbocycles. The lowest BCUT2D eigenvalue weighted by molar-refractivity contribution is 0.317. The number of pyridine rings is 1. The van der Waals surface area contributed by atoms with Crippen molar-refractivity contribution in [1.82, 2.24) is 10.3 Å². The van der Waals surface area contributed by atoms with Crippen LogP contribution in [0, 0.1) is 0 Å². The van der Waals surface area contributed by atoms with E-state index in [1.807, 2.05) is 57.2 Å². The fraction of sp³-hybridized carbons (Fsp3) is 0.400. The fourth-order valence-electron chi connectivity index (χ4n) is 2.17. The molecule has 26 heavy (non-hydrogen) atoms. The van der Waals surface area contributed by atoms with E-state index in [1.165, 1.54) is 0 Å². The van der Waals surface area contributed by atoms with Crippen LogP contribution < -0.4 is 20.5 Å². The van der Waals surface area contributed by atoms with Gasteiger partial charge in [-0.15, -0.1) is 0 Å². The molecule has 3 N–H and O–H groups in total. The number of benzene rings is 1. The highest BCUT2D eigenvalue weighted by atomic mass is 16.5. The van der Waals surface area contributed by atoms with Gasteiger partial charge in [-0.3, -0.25) is 0 Å². The van der Waals surface area contributed by atoms with Gasteiger partial charge in [-0.2, -0.15) is 0 Å². The molecular weight excluding hydrogens is 328 g/mol. The topological polar surface area (TPSA) is 81.8 Å². The zero-order valence-electron chi connectivity index (χ0n) is 16.0. The maximum atomic E-state index is 5.93. The number of nitrogens with one attached hydrogen (secondary N) is 1. The molecule has 0 aliphatic rings. The van der Waals surface area contributed by atoms with Crippen molar-refractivity contribution in [2.24, 2.45) is 10.7 Å². The van der Waals surface area contributed by atoms with Crippen LogP contribution in [0.3, 0.4) is 0 Å². The van der Waals surface area contributed by atoms with Crippen LogP contribution in [0.15, 0.2) is 47.6 Å². The number of hydrogen-bond acceptors (Lipinski definition) is 4. The van der Waals surface area contributed by atoms with E-state index < -0.39 is 0 Å². The summed E-state index contributed by atoms with van der Waals surface area (Å²) in [6.45, 7) is 9.25. The van der Waals surface area contributed by atoms with Gasteiger partial charge in [0, 0.05) is 17.3 Å². The molecule has 0 amide bonds. The zero-order valence-corrected chi connectivity index (χ0v) is 16.0. The smallest absolute Gasteiger partial charge is 0.224 e. The monoisotopic (exact) mass is 356 g/mol. The lowest BCUT2D eigenvalue weighted by Gasteiger charge is -2.21. The Kier molecular flexibility index (Phi) is 6.83. The molecule has 0 saturated heterocycles. The molecule has 6 nitrogen and oxygen atoms in total. The number of aliphatic imine (C=N–C) groups is 1. The Bertz CT molecular complexity index is 721. The summed E-state index contributed by atoms with van der Waals surface area (Å²) in [5, 5.41) is 3.13. The highest BCUT2D eigenvalue weighted by Crippen LogP contribution is 2.25. The van der Waals surface area contributed by atoms with Crippen molar-refractivity contribution < 1.29 is 9.47 Å². The predicted molar refractivity (Wildman–Crippen MR) is 105 cm³/mol. The van der Waals surface area contributed by atoms with Crippen LogP contribution in [0.2, 0.25) is 0 Å². The predicted octanol–water partition coefficient (Wildman–Crippen LogP) is 3.87. The fourth-order valence-corrected chi connectivity index (χ4v) is 2.17. The van der Waals surface area contributed by atoms with E-state index in [4.69, 9.17) is 15.2 Å². The second kappa shape index (κ2) is 9.08. The summed E-state index contributed by atoms with van der Waals surface area (Å²) in [6.07, 6.45) is 2.67. The van der Waals surface area contributed by atoms with E-state index >= 15 is 0 Å².